The first-order chi connectivity index (χ1) is 5.00. The van der Waals surface area contributed by atoms with Crippen molar-refractivity contribution in [1.29, 1.82) is 0 Å². The molecular weight excluding hydrogens is 132 g/mol. The van der Waals surface area contributed by atoms with Gasteiger partial charge in [-0.3, -0.25) is 0 Å². The topological polar surface area (TPSA) is 0 Å². The van der Waals surface area contributed by atoms with Crippen LogP contribution >= 0.6 is 0 Å². The maximum atomic E-state index is 2.40. The van der Waals surface area contributed by atoms with E-state index in [2.05, 4.69) is 27.7 Å². The molecule has 1 aliphatic carbocycles. The molecule has 1 rings (SSSR count). The highest BCUT2D eigenvalue weighted by molar-refractivity contribution is 4.77. The van der Waals surface area contributed by atoms with E-state index in [1.54, 1.807) is 0 Å². The van der Waals surface area contributed by atoms with Crippen molar-refractivity contribution in [3.63, 3.8) is 0 Å². The van der Waals surface area contributed by atoms with E-state index in [-0.39, 0.29) is 0 Å². The fraction of sp³-hybridized carbons (Fsp3) is 1.00. The van der Waals surface area contributed by atoms with Crippen LogP contribution in [0.1, 0.15) is 53.4 Å². The normalized spacial score (nSPS) is 22.9. The second kappa shape index (κ2) is 3.16. The summed E-state index contributed by atoms with van der Waals surface area (Å²) in [6.45, 7) is 9.47. The highest BCUT2D eigenvalue weighted by atomic mass is 14.3. The molecule has 1 fully saturated rings. The summed E-state index contributed by atoms with van der Waals surface area (Å²) in [5, 5.41) is 0. The molecule has 0 amide bonds. The molecule has 0 spiro atoms. The van der Waals surface area contributed by atoms with Crippen molar-refractivity contribution in [2.24, 2.45) is 17.3 Å². The van der Waals surface area contributed by atoms with Crippen LogP contribution in [0.15, 0.2) is 0 Å². The van der Waals surface area contributed by atoms with Crippen LogP contribution in [0.2, 0.25) is 0 Å². The molecule has 0 bridgehead atoms. The summed E-state index contributed by atoms with van der Waals surface area (Å²) >= 11 is 0. The van der Waals surface area contributed by atoms with Gasteiger partial charge in [-0.15, -0.1) is 0 Å². The minimum atomic E-state index is 0.523. The minimum Gasteiger partial charge on any atom is -0.0620 e. The smallest absolute Gasteiger partial charge is 0.0357 e. The van der Waals surface area contributed by atoms with Crippen LogP contribution in [0, 0.1) is 17.3 Å². The van der Waals surface area contributed by atoms with E-state index in [1.165, 1.54) is 25.7 Å². The van der Waals surface area contributed by atoms with Crippen molar-refractivity contribution < 1.29 is 0 Å². The van der Waals surface area contributed by atoms with Crippen molar-refractivity contribution >= 4 is 0 Å². The molecule has 0 aromatic carbocycles. The molecule has 0 N–H and O–H groups in total. The van der Waals surface area contributed by atoms with E-state index in [9.17, 15) is 0 Å². The summed E-state index contributed by atoms with van der Waals surface area (Å²) < 4.78 is 0. The van der Waals surface area contributed by atoms with Gasteiger partial charge in [0.05, 0.1) is 0 Å². The predicted octanol–water partition coefficient (Wildman–Crippen LogP) is 3.86. The molecule has 0 heterocycles. The highest BCUT2D eigenvalue weighted by Crippen LogP contribution is 2.38. The van der Waals surface area contributed by atoms with Gasteiger partial charge in [0.2, 0.25) is 0 Å². The van der Waals surface area contributed by atoms with Gasteiger partial charge >= 0.3 is 0 Å². The number of hydrogen-bond acceptors (Lipinski definition) is 0. The van der Waals surface area contributed by atoms with Gasteiger partial charge in [0.15, 0.2) is 0 Å². The van der Waals surface area contributed by atoms with Crippen LogP contribution in [0.4, 0.5) is 0 Å². The summed E-state index contributed by atoms with van der Waals surface area (Å²) in [5.74, 6) is 1.97. The second-order valence-electron chi connectivity index (χ2n) is 5.30. The maximum Gasteiger partial charge on any atom is -0.0357 e. The molecule has 1 atom stereocenters. The molecule has 1 aliphatic rings. The van der Waals surface area contributed by atoms with Crippen molar-refractivity contribution in [3.05, 3.63) is 0 Å². The Morgan fingerprint density at radius 1 is 1.27 bits per heavy atom. The molecule has 0 aromatic rings. The first-order valence-corrected chi connectivity index (χ1v) is 5.00. The summed E-state index contributed by atoms with van der Waals surface area (Å²) in [7, 11) is 0. The monoisotopic (exact) mass is 154 g/mol. The highest BCUT2D eigenvalue weighted by Gasteiger charge is 2.26. The fourth-order valence-electron chi connectivity index (χ4n) is 1.58. The van der Waals surface area contributed by atoms with Crippen molar-refractivity contribution in [2.75, 3.05) is 0 Å². The Hall–Kier alpha value is 0. The zero-order valence-electron chi connectivity index (χ0n) is 8.48. The lowest BCUT2D eigenvalue weighted by atomic mass is 9.72. The Balaban J connectivity index is 2.24. The minimum absolute atomic E-state index is 0.523. The Kier molecular flexibility index (Phi) is 2.61. The zero-order valence-corrected chi connectivity index (χ0v) is 8.48. The quantitative estimate of drug-likeness (QED) is 0.566. The van der Waals surface area contributed by atoms with E-state index in [1.807, 2.05) is 0 Å². The molecule has 0 saturated heterocycles. The molecule has 0 aromatic heterocycles. The van der Waals surface area contributed by atoms with Crippen LogP contribution < -0.4 is 0 Å². The van der Waals surface area contributed by atoms with Crippen LogP contribution in [0.5, 0.6) is 0 Å². The van der Waals surface area contributed by atoms with Gasteiger partial charge in [-0.25, -0.2) is 0 Å². The van der Waals surface area contributed by atoms with E-state index >= 15 is 0 Å². The van der Waals surface area contributed by atoms with E-state index in [0.29, 0.717) is 5.41 Å². The number of hydrogen-bond donors (Lipinski definition) is 0. The summed E-state index contributed by atoms with van der Waals surface area (Å²) in [6.07, 6.45) is 5.95. The molecule has 11 heavy (non-hydrogen) atoms. The first kappa shape index (κ1) is 9.09. The van der Waals surface area contributed by atoms with E-state index in [0.717, 1.165) is 11.8 Å². The molecular formula is C11H22. The molecule has 0 aliphatic heterocycles. The van der Waals surface area contributed by atoms with Gasteiger partial charge in [0.1, 0.15) is 0 Å². The van der Waals surface area contributed by atoms with Gasteiger partial charge in [-0.05, 0) is 23.7 Å². The maximum absolute atomic E-state index is 2.40. The second-order valence-corrected chi connectivity index (χ2v) is 5.30. The lowest BCUT2D eigenvalue weighted by molar-refractivity contribution is 0.171. The molecule has 1 unspecified atom stereocenters. The Bertz CT molecular complexity index is 114. The van der Waals surface area contributed by atoms with Gasteiger partial charge < -0.3 is 0 Å². The van der Waals surface area contributed by atoms with Gasteiger partial charge in [-0.2, -0.15) is 0 Å². The van der Waals surface area contributed by atoms with Gasteiger partial charge in [-0.1, -0.05) is 47.0 Å². The Morgan fingerprint density at radius 2 is 1.82 bits per heavy atom. The van der Waals surface area contributed by atoms with E-state index in [4.69, 9.17) is 0 Å². The Labute approximate surface area is 71.4 Å². The first-order valence-electron chi connectivity index (χ1n) is 5.00. The molecule has 66 valence electrons. The fourth-order valence-corrected chi connectivity index (χ4v) is 1.58. The SMILES string of the molecule is CC(CC1CCC1)C(C)(C)C. The third kappa shape index (κ3) is 2.50. The average molecular weight is 154 g/mol. The average Bonchev–Trinajstić information content (AvgIpc) is 1.75. The molecule has 1 saturated carbocycles. The third-order valence-corrected chi connectivity index (χ3v) is 3.39. The van der Waals surface area contributed by atoms with Crippen LogP contribution in [0.25, 0.3) is 0 Å². The molecule has 0 nitrogen and oxygen atoms in total. The molecule has 0 heteroatoms. The van der Waals surface area contributed by atoms with Crippen molar-refractivity contribution in [2.45, 2.75) is 53.4 Å². The summed E-state index contributed by atoms with van der Waals surface area (Å²) in [6, 6.07) is 0. The van der Waals surface area contributed by atoms with Crippen molar-refractivity contribution in [1.82, 2.24) is 0 Å². The lowest BCUT2D eigenvalue weighted by Crippen LogP contribution is -2.23. The standard InChI is InChI=1S/C11H22/c1-9(11(2,3)4)8-10-6-5-7-10/h9-10H,5-8H2,1-4H3. The van der Waals surface area contributed by atoms with Gasteiger partial charge in [0, 0.05) is 0 Å². The zero-order chi connectivity index (χ0) is 8.48. The Morgan fingerprint density at radius 3 is 2.09 bits per heavy atom. The van der Waals surface area contributed by atoms with Crippen LogP contribution in [-0.4, -0.2) is 0 Å². The predicted molar refractivity (Wildman–Crippen MR) is 50.6 cm³/mol. The van der Waals surface area contributed by atoms with E-state index < -0.39 is 0 Å². The summed E-state index contributed by atoms with van der Waals surface area (Å²) in [5.41, 5.74) is 0.523. The van der Waals surface area contributed by atoms with Crippen LogP contribution in [0.3, 0.4) is 0 Å². The number of rotatable bonds is 2. The summed E-state index contributed by atoms with van der Waals surface area (Å²) in [4.78, 5) is 0. The van der Waals surface area contributed by atoms with Crippen molar-refractivity contribution in [3.8, 4) is 0 Å². The largest absolute Gasteiger partial charge is 0.0620 e. The third-order valence-electron chi connectivity index (χ3n) is 3.39. The van der Waals surface area contributed by atoms with Crippen LogP contribution in [-0.2, 0) is 0 Å². The molecule has 0 radical (unpaired) electrons. The van der Waals surface area contributed by atoms with Gasteiger partial charge in [0.25, 0.3) is 0 Å². The lowest BCUT2D eigenvalue weighted by Gasteiger charge is -2.34.